The van der Waals surface area contributed by atoms with Crippen molar-refractivity contribution in [1.82, 2.24) is 9.88 Å². The zero-order valence-electron chi connectivity index (χ0n) is 13.1. The number of nitrogens with one attached hydrogen (secondary N) is 1. The van der Waals surface area contributed by atoms with Crippen LogP contribution >= 0.6 is 0 Å². The summed E-state index contributed by atoms with van der Waals surface area (Å²) in [4.78, 5) is 33.7. The van der Waals surface area contributed by atoms with Crippen LogP contribution in [0.2, 0.25) is 0 Å². The summed E-state index contributed by atoms with van der Waals surface area (Å²) in [7, 11) is 1.60. The van der Waals surface area contributed by atoms with Crippen molar-refractivity contribution in [2.75, 3.05) is 7.11 Å². The van der Waals surface area contributed by atoms with E-state index in [0.29, 0.717) is 13.2 Å². The van der Waals surface area contributed by atoms with Gasteiger partial charge in [-0.05, 0) is 11.1 Å². The molecule has 0 aliphatic heterocycles. The van der Waals surface area contributed by atoms with Crippen LogP contribution in [0, 0.1) is 10.1 Å². The highest BCUT2D eigenvalue weighted by molar-refractivity contribution is 5.75. The molecule has 8 heteroatoms. The van der Waals surface area contributed by atoms with Gasteiger partial charge in [-0.3, -0.25) is 24.3 Å². The predicted octanol–water partition coefficient (Wildman–Crippen LogP) is 1.22. The van der Waals surface area contributed by atoms with E-state index in [9.17, 15) is 19.7 Å². The van der Waals surface area contributed by atoms with E-state index in [-0.39, 0.29) is 12.2 Å². The molecule has 24 heavy (non-hydrogen) atoms. The van der Waals surface area contributed by atoms with Crippen LogP contribution in [-0.4, -0.2) is 22.5 Å². The molecule has 126 valence electrons. The fourth-order valence-corrected chi connectivity index (χ4v) is 2.16. The second-order valence-electron chi connectivity index (χ2n) is 5.14. The van der Waals surface area contributed by atoms with Gasteiger partial charge in [-0.2, -0.15) is 0 Å². The molecule has 2 rings (SSSR count). The SMILES string of the molecule is COCc1cccc(CNC(=O)Cn2cc([N+](=O)[O-])ccc2=O)c1. The molecule has 1 amide bonds. The third kappa shape index (κ3) is 4.75. The zero-order chi connectivity index (χ0) is 17.5. The summed E-state index contributed by atoms with van der Waals surface area (Å²) >= 11 is 0. The summed E-state index contributed by atoms with van der Waals surface area (Å²) in [5.74, 6) is -0.408. The highest BCUT2D eigenvalue weighted by Crippen LogP contribution is 2.07. The third-order valence-electron chi connectivity index (χ3n) is 3.28. The van der Waals surface area contributed by atoms with Crippen LogP contribution in [0.4, 0.5) is 5.69 Å². The number of methoxy groups -OCH3 is 1. The number of carbonyl (C=O) groups is 1. The van der Waals surface area contributed by atoms with Crippen molar-refractivity contribution in [2.45, 2.75) is 19.7 Å². The standard InChI is InChI=1S/C16H17N3O5/c1-24-11-13-4-2-3-12(7-13)8-17-15(20)10-18-9-14(19(22)23)5-6-16(18)21/h2-7,9H,8,10-11H2,1H3,(H,17,20). The maximum Gasteiger partial charge on any atom is 0.285 e. The lowest BCUT2D eigenvalue weighted by Crippen LogP contribution is -2.31. The summed E-state index contributed by atoms with van der Waals surface area (Å²) in [6.07, 6.45) is 1.06. The molecule has 0 atom stereocenters. The van der Waals surface area contributed by atoms with Gasteiger partial charge >= 0.3 is 0 Å². The number of ether oxygens (including phenoxy) is 1. The van der Waals surface area contributed by atoms with Gasteiger partial charge in [0.25, 0.3) is 11.2 Å². The molecule has 0 bridgehead atoms. The Bertz CT molecular complexity index is 800. The van der Waals surface area contributed by atoms with Crippen molar-refractivity contribution in [3.8, 4) is 0 Å². The number of nitro groups is 1. The lowest BCUT2D eigenvalue weighted by Gasteiger charge is -2.08. The predicted molar refractivity (Wildman–Crippen MR) is 86.4 cm³/mol. The van der Waals surface area contributed by atoms with Crippen molar-refractivity contribution < 1.29 is 14.5 Å². The van der Waals surface area contributed by atoms with Crippen LogP contribution in [-0.2, 0) is 29.2 Å². The Balaban J connectivity index is 1.99. The summed E-state index contributed by atoms with van der Waals surface area (Å²) in [6.45, 7) is 0.489. The lowest BCUT2D eigenvalue weighted by molar-refractivity contribution is -0.385. The van der Waals surface area contributed by atoms with E-state index in [1.54, 1.807) is 7.11 Å². The van der Waals surface area contributed by atoms with Crippen LogP contribution in [0.5, 0.6) is 0 Å². The molecule has 8 nitrogen and oxygen atoms in total. The molecule has 0 aliphatic carbocycles. The molecule has 0 radical (unpaired) electrons. The van der Waals surface area contributed by atoms with Crippen molar-refractivity contribution >= 4 is 11.6 Å². The monoisotopic (exact) mass is 331 g/mol. The van der Waals surface area contributed by atoms with Crippen LogP contribution in [0.15, 0.2) is 47.4 Å². The smallest absolute Gasteiger partial charge is 0.285 e. The number of hydrogen-bond donors (Lipinski definition) is 1. The van der Waals surface area contributed by atoms with E-state index in [0.717, 1.165) is 34.0 Å². The summed E-state index contributed by atoms with van der Waals surface area (Å²) in [5.41, 5.74) is 1.16. The van der Waals surface area contributed by atoms with E-state index >= 15 is 0 Å². The molecule has 2 aromatic rings. The number of pyridine rings is 1. The normalized spacial score (nSPS) is 10.4. The molecule has 1 N–H and O–H groups in total. The van der Waals surface area contributed by atoms with Gasteiger partial charge in [-0.1, -0.05) is 24.3 Å². The summed E-state index contributed by atoms with van der Waals surface area (Å²) in [5, 5.41) is 13.4. The first-order valence-corrected chi connectivity index (χ1v) is 7.18. The Labute approximate surface area is 137 Å². The Morgan fingerprint density at radius 2 is 2.04 bits per heavy atom. The highest BCUT2D eigenvalue weighted by atomic mass is 16.6. The molecular formula is C16H17N3O5. The lowest BCUT2D eigenvalue weighted by atomic mass is 10.1. The number of amides is 1. The Morgan fingerprint density at radius 1 is 1.29 bits per heavy atom. The molecule has 1 aromatic heterocycles. The average Bonchev–Trinajstić information content (AvgIpc) is 2.55. The highest BCUT2D eigenvalue weighted by Gasteiger charge is 2.10. The fourth-order valence-electron chi connectivity index (χ4n) is 2.16. The van der Waals surface area contributed by atoms with E-state index in [1.807, 2.05) is 24.3 Å². The van der Waals surface area contributed by atoms with Gasteiger partial charge in [-0.15, -0.1) is 0 Å². The fraction of sp³-hybridized carbons (Fsp3) is 0.250. The van der Waals surface area contributed by atoms with Crippen molar-refractivity contribution in [2.24, 2.45) is 0 Å². The Morgan fingerprint density at radius 3 is 2.75 bits per heavy atom. The third-order valence-corrected chi connectivity index (χ3v) is 3.28. The van der Waals surface area contributed by atoms with Gasteiger partial charge in [-0.25, -0.2) is 0 Å². The topological polar surface area (TPSA) is 103 Å². The van der Waals surface area contributed by atoms with E-state index in [4.69, 9.17) is 4.74 Å². The summed E-state index contributed by atoms with van der Waals surface area (Å²) in [6, 6.07) is 9.72. The van der Waals surface area contributed by atoms with Gasteiger partial charge in [0.15, 0.2) is 0 Å². The zero-order valence-corrected chi connectivity index (χ0v) is 13.1. The first kappa shape index (κ1) is 17.4. The number of carbonyl (C=O) groups excluding carboxylic acids is 1. The van der Waals surface area contributed by atoms with Gasteiger partial charge in [0.1, 0.15) is 6.54 Å². The van der Waals surface area contributed by atoms with E-state index < -0.39 is 16.4 Å². The van der Waals surface area contributed by atoms with Crippen molar-refractivity contribution in [3.63, 3.8) is 0 Å². The van der Waals surface area contributed by atoms with Crippen molar-refractivity contribution in [3.05, 3.63) is 74.2 Å². The average molecular weight is 331 g/mol. The van der Waals surface area contributed by atoms with E-state index in [2.05, 4.69) is 5.32 Å². The first-order chi connectivity index (χ1) is 11.5. The number of nitrogens with zero attached hydrogens (tertiary/aromatic N) is 2. The van der Waals surface area contributed by atoms with Gasteiger partial charge in [0.05, 0.1) is 17.7 Å². The van der Waals surface area contributed by atoms with Crippen LogP contribution in [0.1, 0.15) is 11.1 Å². The first-order valence-electron chi connectivity index (χ1n) is 7.18. The molecule has 1 heterocycles. The number of aromatic nitrogens is 1. The molecule has 0 fully saturated rings. The molecule has 0 saturated carbocycles. The minimum absolute atomic E-state index is 0.241. The molecule has 0 unspecified atom stereocenters. The van der Waals surface area contributed by atoms with Gasteiger partial charge in [0.2, 0.25) is 5.91 Å². The molecule has 0 aliphatic rings. The minimum atomic E-state index is -0.616. The van der Waals surface area contributed by atoms with Crippen molar-refractivity contribution in [1.29, 1.82) is 0 Å². The Kier molecular flexibility index (Phi) is 5.80. The maximum atomic E-state index is 12.0. The van der Waals surface area contributed by atoms with Crippen LogP contribution in [0.25, 0.3) is 0 Å². The number of benzene rings is 1. The molecule has 0 saturated heterocycles. The molecule has 1 aromatic carbocycles. The van der Waals surface area contributed by atoms with Gasteiger partial charge in [0, 0.05) is 25.8 Å². The Hall–Kier alpha value is -3.00. The van der Waals surface area contributed by atoms with Gasteiger partial charge < -0.3 is 10.1 Å². The molecular weight excluding hydrogens is 314 g/mol. The van der Waals surface area contributed by atoms with Crippen LogP contribution < -0.4 is 10.9 Å². The summed E-state index contributed by atoms with van der Waals surface area (Å²) < 4.78 is 6.06. The number of hydrogen-bond acceptors (Lipinski definition) is 5. The van der Waals surface area contributed by atoms with E-state index in [1.165, 1.54) is 0 Å². The minimum Gasteiger partial charge on any atom is -0.380 e. The maximum absolute atomic E-state index is 12.0. The van der Waals surface area contributed by atoms with Crippen LogP contribution in [0.3, 0.4) is 0 Å². The quantitative estimate of drug-likeness (QED) is 0.607. The second kappa shape index (κ2) is 8.02. The largest absolute Gasteiger partial charge is 0.380 e. The number of rotatable bonds is 7. The molecule has 0 spiro atoms. The second-order valence-corrected chi connectivity index (χ2v) is 5.14.